The lowest BCUT2D eigenvalue weighted by Crippen LogP contribution is -2.47. The second kappa shape index (κ2) is 8.78. The molecule has 1 saturated heterocycles. The van der Waals surface area contributed by atoms with Crippen LogP contribution in [0.4, 0.5) is 15.8 Å². The second-order valence-corrected chi connectivity index (χ2v) is 4.58. The molecule has 1 aromatic rings. The van der Waals surface area contributed by atoms with Gasteiger partial charge in [0.15, 0.2) is 0 Å². The van der Waals surface area contributed by atoms with E-state index in [9.17, 15) is 4.39 Å². The number of aliphatic imine (C=N–C) groups is 1. The van der Waals surface area contributed by atoms with Gasteiger partial charge in [0.1, 0.15) is 12.2 Å². The van der Waals surface area contributed by atoms with Gasteiger partial charge in [-0.15, -0.1) is 12.4 Å². The predicted molar refractivity (Wildman–Crippen MR) is 82.5 cm³/mol. The van der Waals surface area contributed by atoms with E-state index in [1.807, 2.05) is 4.90 Å². The highest BCUT2D eigenvalue weighted by atomic mass is 35.5. The molecule has 1 aliphatic heterocycles. The molecule has 0 bridgehead atoms. The summed E-state index contributed by atoms with van der Waals surface area (Å²) in [7, 11) is 0. The summed E-state index contributed by atoms with van der Waals surface area (Å²) in [6.07, 6.45) is 1.09. The minimum absolute atomic E-state index is 0. The Morgan fingerprint density at radius 3 is 2.57 bits per heavy atom. The molecule has 3 N–H and O–H groups in total. The number of aliphatic hydroxyl groups excluding tert-OH is 1. The van der Waals surface area contributed by atoms with Crippen molar-refractivity contribution in [3.8, 4) is 0 Å². The Kier molecular flexibility index (Phi) is 7.38. The van der Waals surface area contributed by atoms with Crippen molar-refractivity contribution in [1.29, 1.82) is 0 Å². The van der Waals surface area contributed by atoms with Crippen molar-refractivity contribution in [3.05, 3.63) is 24.0 Å². The molecule has 1 heterocycles. The normalized spacial score (nSPS) is 16.0. The number of aliphatic hydroxyl groups is 1. The van der Waals surface area contributed by atoms with Crippen LogP contribution in [-0.4, -0.2) is 60.9 Å². The number of β-amino-alcohol motifs (C(OH)–C–C–N with tert-alkyl or cyclic N) is 1. The van der Waals surface area contributed by atoms with Gasteiger partial charge < -0.3 is 10.0 Å². The van der Waals surface area contributed by atoms with E-state index >= 15 is 0 Å². The number of piperazine rings is 1. The fourth-order valence-corrected chi connectivity index (χ4v) is 2.29. The number of anilines is 1. The van der Waals surface area contributed by atoms with E-state index in [0.717, 1.165) is 32.5 Å². The standard InChI is InChI=1S/C13H19FN4O2.ClH/c14-12-9-11(15-10-16-20)1-2-13(12)18-5-3-17(4-6-18)7-8-19;/h1-2,9-10,19-20H,3-8H2,(H,15,16);1H. The minimum atomic E-state index is -0.326. The fourth-order valence-electron chi connectivity index (χ4n) is 2.29. The number of hydrogen-bond donors (Lipinski definition) is 3. The van der Waals surface area contributed by atoms with Crippen molar-refractivity contribution in [1.82, 2.24) is 10.4 Å². The van der Waals surface area contributed by atoms with Gasteiger partial charge in [-0.3, -0.25) is 15.6 Å². The van der Waals surface area contributed by atoms with Crippen LogP contribution in [0.5, 0.6) is 0 Å². The van der Waals surface area contributed by atoms with Crippen LogP contribution in [0.2, 0.25) is 0 Å². The number of hydrogen-bond acceptors (Lipinski definition) is 5. The second-order valence-electron chi connectivity index (χ2n) is 4.58. The Morgan fingerprint density at radius 2 is 2.00 bits per heavy atom. The number of hydroxylamine groups is 1. The van der Waals surface area contributed by atoms with Crippen LogP contribution >= 0.6 is 12.4 Å². The van der Waals surface area contributed by atoms with E-state index in [1.54, 1.807) is 17.6 Å². The molecule has 0 aliphatic carbocycles. The summed E-state index contributed by atoms with van der Waals surface area (Å²) in [4.78, 5) is 7.97. The predicted octanol–water partition coefficient (Wildman–Crippen LogP) is 1.00. The summed E-state index contributed by atoms with van der Waals surface area (Å²) in [5, 5.41) is 17.3. The third-order valence-electron chi connectivity index (χ3n) is 3.33. The maximum atomic E-state index is 14.1. The zero-order valence-corrected chi connectivity index (χ0v) is 12.4. The SMILES string of the molecule is Cl.OCCN1CCN(c2ccc(N=CNO)cc2F)CC1. The van der Waals surface area contributed by atoms with Crippen LogP contribution in [0.25, 0.3) is 0 Å². The lowest BCUT2D eigenvalue weighted by Gasteiger charge is -2.35. The maximum Gasteiger partial charge on any atom is 0.148 e. The summed E-state index contributed by atoms with van der Waals surface area (Å²) in [6.45, 7) is 3.91. The van der Waals surface area contributed by atoms with Gasteiger partial charge in [0.05, 0.1) is 18.0 Å². The van der Waals surface area contributed by atoms with Crippen molar-refractivity contribution in [2.24, 2.45) is 4.99 Å². The van der Waals surface area contributed by atoms with E-state index in [2.05, 4.69) is 9.89 Å². The average Bonchev–Trinajstić information content (AvgIpc) is 2.47. The van der Waals surface area contributed by atoms with Crippen molar-refractivity contribution < 1.29 is 14.7 Å². The van der Waals surface area contributed by atoms with Gasteiger partial charge in [-0.25, -0.2) is 9.38 Å². The molecule has 0 unspecified atom stereocenters. The molecule has 0 radical (unpaired) electrons. The quantitative estimate of drug-likeness (QED) is 0.429. The monoisotopic (exact) mass is 318 g/mol. The Labute approximate surface area is 129 Å². The molecule has 0 atom stereocenters. The molecule has 1 aliphatic rings. The van der Waals surface area contributed by atoms with Gasteiger partial charge in [0.2, 0.25) is 0 Å². The van der Waals surface area contributed by atoms with E-state index < -0.39 is 0 Å². The summed E-state index contributed by atoms with van der Waals surface area (Å²) >= 11 is 0. The number of rotatable bonds is 5. The summed E-state index contributed by atoms with van der Waals surface area (Å²) in [6, 6.07) is 4.73. The minimum Gasteiger partial charge on any atom is -0.395 e. The number of halogens is 2. The van der Waals surface area contributed by atoms with Crippen LogP contribution < -0.4 is 10.4 Å². The molecule has 0 amide bonds. The van der Waals surface area contributed by atoms with Crippen molar-refractivity contribution in [2.75, 3.05) is 44.2 Å². The highest BCUT2D eigenvalue weighted by Crippen LogP contribution is 2.25. The Morgan fingerprint density at radius 1 is 1.29 bits per heavy atom. The van der Waals surface area contributed by atoms with Gasteiger partial charge in [0, 0.05) is 38.8 Å². The van der Waals surface area contributed by atoms with E-state index in [1.165, 1.54) is 6.07 Å². The first-order chi connectivity index (χ1) is 9.74. The van der Waals surface area contributed by atoms with Crippen LogP contribution in [0.15, 0.2) is 23.2 Å². The third kappa shape index (κ3) is 4.82. The Balaban J connectivity index is 0.00000220. The highest BCUT2D eigenvalue weighted by molar-refractivity contribution is 5.85. The van der Waals surface area contributed by atoms with Crippen molar-refractivity contribution in [3.63, 3.8) is 0 Å². The molecule has 0 saturated carbocycles. The highest BCUT2D eigenvalue weighted by Gasteiger charge is 2.19. The maximum absolute atomic E-state index is 14.1. The summed E-state index contributed by atoms with van der Waals surface area (Å²) < 4.78 is 14.1. The van der Waals surface area contributed by atoms with Crippen LogP contribution in [0, 0.1) is 5.82 Å². The molecule has 1 fully saturated rings. The first-order valence-electron chi connectivity index (χ1n) is 6.54. The fraction of sp³-hybridized carbons (Fsp3) is 0.462. The van der Waals surface area contributed by atoms with Crippen LogP contribution in [0.1, 0.15) is 0 Å². The molecular formula is C13H20ClFN4O2. The molecule has 0 spiro atoms. The molecule has 2 rings (SSSR count). The average molecular weight is 319 g/mol. The Hall–Kier alpha value is -1.41. The molecular weight excluding hydrogens is 299 g/mol. The van der Waals surface area contributed by atoms with E-state index in [-0.39, 0.29) is 24.8 Å². The molecule has 6 nitrogen and oxygen atoms in total. The summed E-state index contributed by atoms with van der Waals surface area (Å²) in [5.41, 5.74) is 2.78. The molecule has 1 aromatic carbocycles. The Bertz CT molecular complexity index is 467. The molecule has 8 heteroatoms. The topological polar surface area (TPSA) is 71.3 Å². The van der Waals surface area contributed by atoms with Crippen molar-refractivity contribution >= 4 is 30.1 Å². The van der Waals surface area contributed by atoms with Gasteiger partial charge >= 0.3 is 0 Å². The van der Waals surface area contributed by atoms with Crippen LogP contribution in [0.3, 0.4) is 0 Å². The van der Waals surface area contributed by atoms with E-state index in [0.29, 0.717) is 17.9 Å². The molecule has 118 valence electrons. The largest absolute Gasteiger partial charge is 0.395 e. The smallest absolute Gasteiger partial charge is 0.148 e. The van der Waals surface area contributed by atoms with Gasteiger partial charge in [-0.05, 0) is 12.1 Å². The molecule has 0 aromatic heterocycles. The number of benzene rings is 1. The van der Waals surface area contributed by atoms with E-state index in [4.69, 9.17) is 10.3 Å². The zero-order chi connectivity index (χ0) is 14.4. The number of nitrogens with zero attached hydrogens (tertiary/aromatic N) is 3. The first kappa shape index (κ1) is 17.6. The third-order valence-corrected chi connectivity index (χ3v) is 3.33. The van der Waals surface area contributed by atoms with Gasteiger partial charge in [0.25, 0.3) is 0 Å². The lowest BCUT2D eigenvalue weighted by atomic mass is 10.2. The molecule has 21 heavy (non-hydrogen) atoms. The van der Waals surface area contributed by atoms with Gasteiger partial charge in [-0.2, -0.15) is 0 Å². The van der Waals surface area contributed by atoms with Crippen LogP contribution in [-0.2, 0) is 0 Å². The lowest BCUT2D eigenvalue weighted by molar-refractivity contribution is 0.188. The number of nitrogens with one attached hydrogen (secondary N) is 1. The first-order valence-corrected chi connectivity index (χ1v) is 6.54. The zero-order valence-electron chi connectivity index (χ0n) is 11.6. The summed E-state index contributed by atoms with van der Waals surface area (Å²) in [5.74, 6) is -0.326. The van der Waals surface area contributed by atoms with Crippen molar-refractivity contribution in [2.45, 2.75) is 0 Å². The van der Waals surface area contributed by atoms with Gasteiger partial charge in [-0.1, -0.05) is 0 Å².